The molecule has 1 N–H and O–H groups in total. The number of likely N-dealkylation sites (N-methyl/N-ethyl adjacent to an activating group) is 1. The molecule has 0 bridgehead atoms. The molecule has 0 radical (unpaired) electrons. The van der Waals surface area contributed by atoms with Gasteiger partial charge < -0.3 is 15.0 Å². The van der Waals surface area contributed by atoms with Crippen molar-refractivity contribution in [1.82, 2.24) is 15.2 Å². The molecule has 0 fully saturated rings. The smallest absolute Gasteiger partial charge is 0.317 e. The van der Waals surface area contributed by atoms with E-state index in [0.29, 0.717) is 25.9 Å². The van der Waals surface area contributed by atoms with Crippen molar-refractivity contribution in [2.75, 3.05) is 27.2 Å². The number of ether oxygens (including phenoxy) is 1. The van der Waals surface area contributed by atoms with Crippen LogP contribution in [-0.2, 0) is 16.0 Å². The van der Waals surface area contributed by atoms with E-state index in [0.717, 1.165) is 18.5 Å². The van der Waals surface area contributed by atoms with Crippen molar-refractivity contribution >= 4 is 12.0 Å². The first-order chi connectivity index (χ1) is 10.1. The summed E-state index contributed by atoms with van der Waals surface area (Å²) in [6.45, 7) is 1.18. The van der Waals surface area contributed by atoms with Crippen LogP contribution in [0.5, 0.6) is 0 Å². The molecular formula is C15H23N3O3. The maximum atomic E-state index is 11.8. The van der Waals surface area contributed by atoms with Gasteiger partial charge in [0.05, 0.1) is 7.11 Å². The van der Waals surface area contributed by atoms with Crippen LogP contribution in [0.25, 0.3) is 0 Å². The van der Waals surface area contributed by atoms with Gasteiger partial charge in [-0.05, 0) is 25.0 Å². The van der Waals surface area contributed by atoms with E-state index in [1.165, 1.54) is 7.11 Å². The summed E-state index contributed by atoms with van der Waals surface area (Å²) in [7, 11) is 3.13. The Bertz CT molecular complexity index is 437. The average Bonchev–Trinajstić information content (AvgIpc) is 2.52. The third-order valence-electron chi connectivity index (χ3n) is 3.09. The van der Waals surface area contributed by atoms with Crippen LogP contribution in [-0.4, -0.2) is 49.1 Å². The quantitative estimate of drug-likeness (QED) is 0.584. The highest BCUT2D eigenvalue weighted by Crippen LogP contribution is 1.98. The van der Waals surface area contributed by atoms with Crippen LogP contribution in [0, 0.1) is 0 Å². The second kappa shape index (κ2) is 9.74. The van der Waals surface area contributed by atoms with Gasteiger partial charge in [0, 0.05) is 44.9 Å². The fraction of sp³-hybridized carbons (Fsp3) is 0.533. The molecule has 0 aliphatic heterocycles. The number of hydrogen-bond acceptors (Lipinski definition) is 4. The molecule has 0 aromatic carbocycles. The lowest BCUT2D eigenvalue weighted by Gasteiger charge is -2.17. The van der Waals surface area contributed by atoms with Gasteiger partial charge in [-0.3, -0.25) is 9.78 Å². The van der Waals surface area contributed by atoms with Crippen LogP contribution in [0.4, 0.5) is 4.79 Å². The highest BCUT2D eigenvalue weighted by atomic mass is 16.5. The van der Waals surface area contributed by atoms with E-state index in [-0.39, 0.29) is 12.0 Å². The topological polar surface area (TPSA) is 71.5 Å². The van der Waals surface area contributed by atoms with Gasteiger partial charge in [0.15, 0.2) is 0 Å². The van der Waals surface area contributed by atoms with Crippen LogP contribution in [0.3, 0.4) is 0 Å². The summed E-state index contributed by atoms with van der Waals surface area (Å²) in [4.78, 5) is 28.6. The van der Waals surface area contributed by atoms with Crippen molar-refractivity contribution in [2.24, 2.45) is 0 Å². The number of amides is 2. The number of urea groups is 1. The van der Waals surface area contributed by atoms with Crippen molar-refractivity contribution in [3.05, 3.63) is 30.1 Å². The van der Waals surface area contributed by atoms with Gasteiger partial charge in [-0.1, -0.05) is 6.07 Å². The molecule has 1 heterocycles. The standard InChI is InChI=1S/C15H23N3O3/c1-18(12-9-13-7-3-5-10-16-13)15(20)17-11-6-4-8-14(19)21-2/h3,5,7,10H,4,6,8-9,11-12H2,1-2H3,(H,17,20). The molecule has 0 unspecified atom stereocenters. The molecular weight excluding hydrogens is 270 g/mol. The van der Waals surface area contributed by atoms with Crippen LogP contribution in [0.2, 0.25) is 0 Å². The number of rotatable bonds is 8. The molecule has 0 spiro atoms. The van der Waals surface area contributed by atoms with E-state index < -0.39 is 0 Å². The zero-order valence-corrected chi connectivity index (χ0v) is 12.7. The summed E-state index contributed by atoms with van der Waals surface area (Å²) >= 11 is 0. The number of methoxy groups -OCH3 is 1. The molecule has 1 aromatic rings. The van der Waals surface area contributed by atoms with E-state index in [2.05, 4.69) is 15.0 Å². The molecule has 0 atom stereocenters. The Morgan fingerprint density at radius 1 is 1.33 bits per heavy atom. The SMILES string of the molecule is COC(=O)CCCCNC(=O)N(C)CCc1ccccn1. The Hall–Kier alpha value is -2.11. The maximum absolute atomic E-state index is 11.8. The third-order valence-corrected chi connectivity index (χ3v) is 3.09. The molecule has 1 rings (SSSR count). The van der Waals surface area contributed by atoms with Gasteiger partial charge in [0.2, 0.25) is 0 Å². The van der Waals surface area contributed by atoms with Gasteiger partial charge in [-0.15, -0.1) is 0 Å². The summed E-state index contributed by atoms with van der Waals surface area (Å²) in [5.41, 5.74) is 0.968. The molecule has 21 heavy (non-hydrogen) atoms. The van der Waals surface area contributed by atoms with Gasteiger partial charge in [0.1, 0.15) is 0 Å². The fourth-order valence-electron chi connectivity index (χ4n) is 1.76. The molecule has 0 saturated heterocycles. The van der Waals surface area contributed by atoms with Crippen molar-refractivity contribution in [3.63, 3.8) is 0 Å². The monoisotopic (exact) mass is 293 g/mol. The minimum atomic E-state index is -0.214. The number of aromatic nitrogens is 1. The molecule has 116 valence electrons. The van der Waals surface area contributed by atoms with Crippen LogP contribution < -0.4 is 5.32 Å². The molecule has 0 saturated carbocycles. The average molecular weight is 293 g/mol. The first kappa shape index (κ1) is 16.9. The Balaban J connectivity index is 2.12. The zero-order valence-electron chi connectivity index (χ0n) is 12.7. The predicted octanol–water partition coefficient (Wildman–Crippen LogP) is 1.61. The van der Waals surface area contributed by atoms with Gasteiger partial charge in [-0.25, -0.2) is 4.79 Å². The second-order valence-electron chi connectivity index (χ2n) is 4.76. The lowest BCUT2D eigenvalue weighted by molar-refractivity contribution is -0.140. The minimum absolute atomic E-state index is 0.107. The van der Waals surface area contributed by atoms with Crippen molar-refractivity contribution in [1.29, 1.82) is 0 Å². The van der Waals surface area contributed by atoms with E-state index in [9.17, 15) is 9.59 Å². The molecule has 2 amide bonds. The lowest BCUT2D eigenvalue weighted by Crippen LogP contribution is -2.38. The number of pyridine rings is 1. The third kappa shape index (κ3) is 7.29. The minimum Gasteiger partial charge on any atom is -0.469 e. The van der Waals surface area contributed by atoms with Crippen LogP contribution in [0.15, 0.2) is 24.4 Å². The molecule has 6 heteroatoms. The fourth-order valence-corrected chi connectivity index (χ4v) is 1.76. The summed E-state index contributed by atoms with van der Waals surface area (Å²) in [5.74, 6) is -0.214. The summed E-state index contributed by atoms with van der Waals surface area (Å²) in [5, 5.41) is 2.82. The number of carbonyl (C=O) groups is 2. The van der Waals surface area contributed by atoms with E-state index >= 15 is 0 Å². The number of nitrogens with one attached hydrogen (secondary N) is 1. The molecule has 1 aromatic heterocycles. The number of carbonyl (C=O) groups excluding carboxylic acids is 2. The Morgan fingerprint density at radius 2 is 2.14 bits per heavy atom. The van der Waals surface area contributed by atoms with Crippen molar-refractivity contribution in [3.8, 4) is 0 Å². The first-order valence-corrected chi connectivity index (χ1v) is 7.09. The van der Waals surface area contributed by atoms with Gasteiger partial charge in [0.25, 0.3) is 0 Å². The van der Waals surface area contributed by atoms with Gasteiger partial charge >= 0.3 is 12.0 Å². The Morgan fingerprint density at radius 3 is 2.81 bits per heavy atom. The van der Waals surface area contributed by atoms with E-state index in [1.807, 2.05) is 18.2 Å². The van der Waals surface area contributed by atoms with Gasteiger partial charge in [-0.2, -0.15) is 0 Å². The molecule has 6 nitrogen and oxygen atoms in total. The predicted molar refractivity (Wildman–Crippen MR) is 79.8 cm³/mol. The molecule has 0 aliphatic rings. The number of nitrogens with zero attached hydrogens (tertiary/aromatic N) is 2. The summed E-state index contributed by atoms with van der Waals surface area (Å²) in [6.07, 6.45) is 4.34. The Labute approximate surface area is 125 Å². The normalized spacial score (nSPS) is 10.0. The van der Waals surface area contributed by atoms with Crippen LogP contribution in [0.1, 0.15) is 25.0 Å². The molecule has 0 aliphatic carbocycles. The summed E-state index contributed by atoms with van der Waals surface area (Å²) in [6, 6.07) is 5.64. The van der Waals surface area contributed by atoms with E-state index in [1.54, 1.807) is 18.1 Å². The highest BCUT2D eigenvalue weighted by Gasteiger charge is 2.08. The van der Waals surface area contributed by atoms with Crippen LogP contribution >= 0.6 is 0 Å². The Kier molecular flexibility index (Phi) is 7.86. The number of esters is 1. The maximum Gasteiger partial charge on any atom is 0.317 e. The van der Waals surface area contributed by atoms with E-state index in [4.69, 9.17) is 0 Å². The summed E-state index contributed by atoms with van der Waals surface area (Å²) < 4.78 is 4.55. The first-order valence-electron chi connectivity index (χ1n) is 7.09. The number of hydrogen-bond donors (Lipinski definition) is 1. The lowest BCUT2D eigenvalue weighted by atomic mass is 10.2. The van der Waals surface area contributed by atoms with Crippen molar-refractivity contribution in [2.45, 2.75) is 25.7 Å². The zero-order chi connectivity index (χ0) is 15.5. The highest BCUT2D eigenvalue weighted by molar-refractivity contribution is 5.73. The largest absolute Gasteiger partial charge is 0.469 e. The van der Waals surface area contributed by atoms with Crippen molar-refractivity contribution < 1.29 is 14.3 Å². The number of unbranched alkanes of at least 4 members (excludes halogenated alkanes) is 1. The second-order valence-corrected chi connectivity index (χ2v) is 4.76.